The van der Waals surface area contributed by atoms with Crippen molar-refractivity contribution < 1.29 is 22.7 Å². The average molecular weight is 539 g/mol. The van der Waals surface area contributed by atoms with Crippen molar-refractivity contribution in [1.29, 1.82) is 0 Å². The average Bonchev–Trinajstić information content (AvgIpc) is 3.61. The number of nitrogens with zero attached hydrogens (tertiary/aromatic N) is 3. The summed E-state index contributed by atoms with van der Waals surface area (Å²) in [5, 5.41) is 9.86. The van der Waals surface area contributed by atoms with Crippen LogP contribution in [0.2, 0.25) is 6.82 Å². The number of benzene rings is 2. The highest BCUT2D eigenvalue weighted by Gasteiger charge is 2.38. The van der Waals surface area contributed by atoms with Gasteiger partial charge in [-0.2, -0.15) is 18.3 Å². The van der Waals surface area contributed by atoms with Crippen LogP contribution in [0.1, 0.15) is 36.8 Å². The van der Waals surface area contributed by atoms with E-state index in [0.29, 0.717) is 29.9 Å². The Morgan fingerprint density at radius 2 is 1.87 bits per heavy atom. The van der Waals surface area contributed by atoms with Gasteiger partial charge < -0.3 is 15.4 Å². The Morgan fingerprint density at radius 1 is 1.13 bits per heavy atom. The molecule has 2 aliphatic rings. The van der Waals surface area contributed by atoms with E-state index in [1.54, 1.807) is 16.8 Å². The molecule has 2 N–H and O–H groups in total. The number of aryl methyl sites for hydroxylation is 1. The van der Waals surface area contributed by atoms with Gasteiger partial charge in [-0.15, -0.1) is 0 Å². The number of ether oxygens (including phenoxy) is 1. The van der Waals surface area contributed by atoms with Gasteiger partial charge in [-0.3, -0.25) is 9.58 Å². The van der Waals surface area contributed by atoms with E-state index in [1.807, 2.05) is 25.4 Å². The Labute approximate surface area is 227 Å². The lowest BCUT2D eigenvalue weighted by atomic mass is 9.72. The van der Waals surface area contributed by atoms with Gasteiger partial charge in [-0.1, -0.05) is 19.0 Å². The molecule has 0 spiro atoms. The minimum Gasteiger partial charge on any atom is -0.492 e. The van der Waals surface area contributed by atoms with Gasteiger partial charge >= 0.3 is 12.2 Å². The fraction of sp³-hybridized carbons (Fsp3) is 0.429. The lowest BCUT2D eigenvalue weighted by Gasteiger charge is -2.22. The molecule has 2 amide bonds. The summed E-state index contributed by atoms with van der Waals surface area (Å²) >= 11 is 0. The number of amides is 2. The lowest BCUT2D eigenvalue weighted by molar-refractivity contribution is -0.137. The van der Waals surface area contributed by atoms with Crippen LogP contribution >= 0.6 is 0 Å². The van der Waals surface area contributed by atoms with E-state index in [4.69, 9.17) is 4.74 Å². The largest absolute Gasteiger partial charge is 0.492 e. The number of urea groups is 1. The highest BCUT2D eigenvalue weighted by atomic mass is 19.4. The second-order valence-electron chi connectivity index (χ2n) is 10.3. The summed E-state index contributed by atoms with van der Waals surface area (Å²) < 4.78 is 47.1. The van der Waals surface area contributed by atoms with Gasteiger partial charge in [-0.25, -0.2) is 4.79 Å². The van der Waals surface area contributed by atoms with Crippen LogP contribution in [0.25, 0.3) is 11.3 Å². The lowest BCUT2D eigenvalue weighted by Crippen LogP contribution is -2.32. The molecule has 2 bridgehead atoms. The maximum absolute atomic E-state index is 13.0. The Bertz CT molecular complexity index is 1310. The van der Waals surface area contributed by atoms with Crippen molar-refractivity contribution in [2.24, 2.45) is 7.05 Å². The van der Waals surface area contributed by atoms with E-state index in [1.165, 1.54) is 31.7 Å². The number of carbonyl (C=O) groups excluding carboxylic acids is 1. The van der Waals surface area contributed by atoms with Crippen LogP contribution in [-0.4, -0.2) is 53.2 Å². The van der Waals surface area contributed by atoms with Crippen molar-refractivity contribution in [3.8, 4) is 17.0 Å². The zero-order chi connectivity index (χ0) is 27.6. The van der Waals surface area contributed by atoms with E-state index in [9.17, 15) is 18.0 Å². The van der Waals surface area contributed by atoms with Crippen molar-refractivity contribution in [2.75, 3.05) is 18.5 Å². The van der Waals surface area contributed by atoms with Crippen LogP contribution in [0.5, 0.6) is 5.75 Å². The smallest absolute Gasteiger partial charge is 0.416 e. The number of hydrogen-bond acceptors (Lipinski definition) is 4. The molecule has 0 atom stereocenters. The summed E-state index contributed by atoms with van der Waals surface area (Å²) in [4.78, 5) is 15.2. The third-order valence-electron chi connectivity index (χ3n) is 7.81. The predicted molar refractivity (Wildman–Crippen MR) is 147 cm³/mol. The molecule has 1 aromatic heterocycles. The van der Waals surface area contributed by atoms with E-state index in [0.717, 1.165) is 48.4 Å². The Balaban J connectivity index is 1.28. The Hall–Kier alpha value is -3.47. The SMILES string of the molecule is CBc1cnn(C)c1-c1cc(NC(=O)NCc2cccc(C(F)(F)F)c2)ccc1OCCN1C2CCC1CC2. The molecule has 39 heavy (non-hydrogen) atoms. The van der Waals surface area contributed by atoms with Crippen molar-refractivity contribution in [2.45, 2.75) is 57.3 Å². The maximum atomic E-state index is 13.0. The number of carbonyl (C=O) groups is 1. The van der Waals surface area contributed by atoms with Crippen LogP contribution in [-0.2, 0) is 19.8 Å². The number of hydrogen-bond donors (Lipinski definition) is 2. The van der Waals surface area contributed by atoms with Gasteiger partial charge in [0.1, 0.15) is 12.4 Å². The van der Waals surface area contributed by atoms with Crippen molar-refractivity contribution in [1.82, 2.24) is 20.0 Å². The molecule has 5 rings (SSSR count). The highest BCUT2D eigenvalue weighted by Crippen LogP contribution is 2.37. The highest BCUT2D eigenvalue weighted by molar-refractivity contribution is 6.54. The van der Waals surface area contributed by atoms with Crippen LogP contribution in [0, 0.1) is 0 Å². The Morgan fingerprint density at radius 3 is 2.56 bits per heavy atom. The molecule has 2 fully saturated rings. The van der Waals surface area contributed by atoms with Gasteiger partial charge in [0.05, 0.1) is 11.3 Å². The van der Waals surface area contributed by atoms with E-state index < -0.39 is 17.8 Å². The van der Waals surface area contributed by atoms with Gasteiger partial charge in [0.15, 0.2) is 7.28 Å². The summed E-state index contributed by atoms with van der Waals surface area (Å²) in [7, 11) is 2.66. The molecule has 0 unspecified atom stereocenters. The second-order valence-corrected chi connectivity index (χ2v) is 10.3. The van der Waals surface area contributed by atoms with Crippen LogP contribution in [0.4, 0.5) is 23.7 Å². The fourth-order valence-corrected chi connectivity index (χ4v) is 5.87. The monoisotopic (exact) mass is 539 g/mol. The van der Waals surface area contributed by atoms with E-state index in [2.05, 4.69) is 27.5 Å². The predicted octanol–water partition coefficient (Wildman–Crippen LogP) is 4.54. The summed E-state index contributed by atoms with van der Waals surface area (Å²) in [6, 6.07) is 11.2. The van der Waals surface area contributed by atoms with E-state index >= 15 is 0 Å². The minimum absolute atomic E-state index is 0.0377. The first kappa shape index (κ1) is 27.1. The van der Waals surface area contributed by atoms with Gasteiger partial charge in [-0.05, 0) is 67.0 Å². The zero-order valence-electron chi connectivity index (χ0n) is 22.2. The molecule has 3 heterocycles. The molecule has 11 heteroatoms. The first-order valence-corrected chi connectivity index (χ1v) is 13.5. The molecule has 3 aromatic rings. The molecule has 2 aromatic carbocycles. The number of nitrogens with one attached hydrogen (secondary N) is 2. The molecule has 0 aliphatic carbocycles. The third kappa shape index (κ3) is 6.08. The van der Waals surface area contributed by atoms with Gasteiger partial charge in [0.25, 0.3) is 0 Å². The number of halogens is 3. The van der Waals surface area contributed by atoms with E-state index in [-0.39, 0.29) is 6.54 Å². The topological polar surface area (TPSA) is 71.4 Å². The number of alkyl halides is 3. The number of rotatable bonds is 9. The van der Waals surface area contributed by atoms with Crippen LogP contribution < -0.4 is 20.8 Å². The first-order valence-electron chi connectivity index (χ1n) is 13.5. The molecule has 206 valence electrons. The molecule has 2 aliphatic heterocycles. The number of fused-ring (bicyclic) bond motifs is 2. The number of anilines is 1. The van der Waals surface area contributed by atoms with Gasteiger partial charge in [0.2, 0.25) is 0 Å². The quantitative estimate of drug-likeness (QED) is 0.392. The Kier molecular flexibility index (Phi) is 7.88. The summed E-state index contributed by atoms with van der Waals surface area (Å²) in [6.45, 7) is 3.49. The summed E-state index contributed by atoms with van der Waals surface area (Å²) in [5.74, 6) is 0.717. The minimum atomic E-state index is -4.43. The summed E-state index contributed by atoms with van der Waals surface area (Å²) in [6.07, 6.45) is 2.52. The number of aromatic nitrogens is 2. The molecule has 0 radical (unpaired) electrons. The molecular formula is C28H33BF3N5O2. The maximum Gasteiger partial charge on any atom is 0.416 e. The normalized spacial score (nSPS) is 18.8. The second kappa shape index (κ2) is 11.3. The molecule has 7 nitrogen and oxygen atoms in total. The molecule has 2 saturated heterocycles. The van der Waals surface area contributed by atoms with Crippen molar-refractivity contribution in [3.05, 3.63) is 59.8 Å². The van der Waals surface area contributed by atoms with Crippen LogP contribution in [0.15, 0.2) is 48.7 Å². The standard InChI is InChI=1S/C28H33BF3N5O2/c1-29-24-17-34-36(2)26(24)23-15-20(6-11-25(23)39-13-12-37-21-7-8-22(37)10-9-21)35-27(38)33-16-18-4-3-5-19(14-18)28(30,31)32/h3-6,11,14-15,17,21-22,29H,7-10,12-13,16H2,1-2H3,(H2,33,35,38). The van der Waals surface area contributed by atoms with Crippen LogP contribution in [0.3, 0.4) is 0 Å². The van der Waals surface area contributed by atoms with Crippen molar-refractivity contribution in [3.63, 3.8) is 0 Å². The molecular weight excluding hydrogens is 506 g/mol. The van der Waals surface area contributed by atoms with Crippen molar-refractivity contribution >= 4 is 24.5 Å². The zero-order valence-corrected chi connectivity index (χ0v) is 22.2. The first-order chi connectivity index (χ1) is 18.7. The van der Waals surface area contributed by atoms with Gasteiger partial charge in [0, 0.05) is 49.7 Å². The fourth-order valence-electron chi connectivity index (χ4n) is 5.87. The summed E-state index contributed by atoms with van der Waals surface area (Å²) in [5.41, 5.74) is 2.96. The third-order valence-corrected chi connectivity index (χ3v) is 7.81. The molecule has 0 saturated carbocycles.